The van der Waals surface area contributed by atoms with Gasteiger partial charge in [-0.05, 0) is 35.4 Å². The van der Waals surface area contributed by atoms with E-state index in [0.717, 1.165) is 12.2 Å². The van der Waals surface area contributed by atoms with Gasteiger partial charge >= 0.3 is 0 Å². The predicted octanol–water partition coefficient (Wildman–Crippen LogP) is 4.87. The molecule has 0 amide bonds. The third-order valence-corrected chi connectivity index (χ3v) is 3.67. The van der Waals surface area contributed by atoms with E-state index in [0.29, 0.717) is 24.5 Å². The quantitative estimate of drug-likeness (QED) is 0.581. The van der Waals surface area contributed by atoms with E-state index in [1.54, 1.807) is 18.2 Å². The molecule has 0 aliphatic heterocycles. The Hall–Kier alpha value is -3.25. The van der Waals surface area contributed by atoms with E-state index in [1.807, 2.05) is 36.4 Å². The van der Waals surface area contributed by atoms with Crippen LogP contribution in [0.1, 0.15) is 12.0 Å². The van der Waals surface area contributed by atoms with E-state index < -0.39 is 0 Å². The number of ether oxygens (including phenoxy) is 2. The fraction of sp³-hybridized carbons (Fsp3) is 0.136. The van der Waals surface area contributed by atoms with Crippen LogP contribution in [-0.4, -0.2) is 13.2 Å². The Morgan fingerprint density at radius 1 is 0.760 bits per heavy atom. The van der Waals surface area contributed by atoms with E-state index in [-0.39, 0.29) is 0 Å². The van der Waals surface area contributed by atoms with Crippen LogP contribution in [0.5, 0.6) is 11.5 Å². The Kier molecular flexibility index (Phi) is 5.68. The van der Waals surface area contributed by atoms with E-state index in [9.17, 15) is 0 Å². The molecule has 0 spiro atoms. The molecular formula is C22H18NO2. The Bertz CT molecular complexity index is 836. The molecule has 3 heteroatoms. The summed E-state index contributed by atoms with van der Waals surface area (Å²) in [7, 11) is 0. The fourth-order valence-corrected chi connectivity index (χ4v) is 2.40. The van der Waals surface area contributed by atoms with Crippen molar-refractivity contribution in [3.8, 4) is 28.7 Å². The highest BCUT2D eigenvalue weighted by Crippen LogP contribution is 2.22. The van der Waals surface area contributed by atoms with Gasteiger partial charge in [-0.2, -0.15) is 5.26 Å². The standard InChI is InChI=1S/C22H18NO2/c23-17-18-6-4-9-22(16-18)25-15-5-14-24-21-12-10-20(11-13-21)19-7-2-1-3-8-19/h1-4,6-13H,5,14-15H2. The van der Waals surface area contributed by atoms with Gasteiger partial charge in [0.15, 0.2) is 0 Å². The summed E-state index contributed by atoms with van der Waals surface area (Å²) in [6.45, 7) is 1.09. The van der Waals surface area contributed by atoms with Gasteiger partial charge in [-0.25, -0.2) is 0 Å². The first-order valence-electron chi connectivity index (χ1n) is 8.19. The lowest BCUT2D eigenvalue weighted by molar-refractivity contribution is 0.247. The van der Waals surface area contributed by atoms with Crippen LogP contribution in [0, 0.1) is 17.4 Å². The van der Waals surface area contributed by atoms with Crippen molar-refractivity contribution in [2.75, 3.05) is 13.2 Å². The zero-order chi connectivity index (χ0) is 17.3. The second-order valence-corrected chi connectivity index (χ2v) is 5.48. The average Bonchev–Trinajstić information content (AvgIpc) is 2.69. The first-order valence-corrected chi connectivity index (χ1v) is 8.19. The molecule has 0 fully saturated rings. The topological polar surface area (TPSA) is 42.2 Å². The SMILES string of the molecule is N#Cc1[c]c(OCCCOc2ccc(-c3ccccc3)cc2)ccc1. The summed E-state index contributed by atoms with van der Waals surface area (Å²) in [6, 6.07) is 28.6. The molecule has 0 saturated heterocycles. The molecule has 3 aromatic carbocycles. The summed E-state index contributed by atoms with van der Waals surface area (Å²) >= 11 is 0. The molecule has 0 aliphatic rings. The van der Waals surface area contributed by atoms with Gasteiger partial charge in [0.25, 0.3) is 0 Å². The average molecular weight is 328 g/mol. The Morgan fingerprint density at radius 2 is 1.48 bits per heavy atom. The largest absolute Gasteiger partial charge is 0.493 e. The van der Waals surface area contributed by atoms with Crippen LogP contribution in [0.2, 0.25) is 0 Å². The third-order valence-electron chi connectivity index (χ3n) is 3.67. The maximum absolute atomic E-state index is 8.83. The molecule has 25 heavy (non-hydrogen) atoms. The van der Waals surface area contributed by atoms with Crippen LogP contribution in [0.3, 0.4) is 0 Å². The molecule has 3 aromatic rings. The summed E-state index contributed by atoms with van der Waals surface area (Å²) in [5, 5.41) is 8.83. The monoisotopic (exact) mass is 328 g/mol. The minimum absolute atomic E-state index is 0.479. The van der Waals surface area contributed by atoms with Gasteiger partial charge < -0.3 is 9.47 Å². The molecule has 0 N–H and O–H groups in total. The molecule has 0 aromatic heterocycles. The highest BCUT2D eigenvalue weighted by Gasteiger charge is 2.00. The number of nitriles is 1. The van der Waals surface area contributed by atoms with Gasteiger partial charge in [0.1, 0.15) is 11.5 Å². The van der Waals surface area contributed by atoms with Crippen molar-refractivity contribution in [2.45, 2.75) is 6.42 Å². The smallest absolute Gasteiger partial charge is 0.128 e. The molecule has 3 nitrogen and oxygen atoms in total. The first-order chi connectivity index (χ1) is 12.3. The van der Waals surface area contributed by atoms with Crippen molar-refractivity contribution in [1.82, 2.24) is 0 Å². The Morgan fingerprint density at radius 3 is 2.24 bits per heavy atom. The molecule has 1 radical (unpaired) electrons. The van der Waals surface area contributed by atoms with E-state index in [4.69, 9.17) is 14.7 Å². The van der Waals surface area contributed by atoms with Crippen molar-refractivity contribution >= 4 is 0 Å². The highest BCUT2D eigenvalue weighted by molar-refractivity contribution is 5.63. The summed E-state index contributed by atoms with van der Waals surface area (Å²) < 4.78 is 11.3. The second-order valence-electron chi connectivity index (χ2n) is 5.48. The molecule has 0 bridgehead atoms. The van der Waals surface area contributed by atoms with Gasteiger partial charge in [0, 0.05) is 12.5 Å². The number of rotatable bonds is 7. The summed E-state index contributed by atoms with van der Waals surface area (Å²) in [4.78, 5) is 0. The minimum atomic E-state index is 0.479. The molecular weight excluding hydrogens is 310 g/mol. The lowest BCUT2D eigenvalue weighted by atomic mass is 10.1. The number of nitrogens with zero attached hydrogens (tertiary/aromatic N) is 1. The van der Waals surface area contributed by atoms with Crippen molar-refractivity contribution < 1.29 is 9.47 Å². The summed E-state index contributed by atoms with van der Waals surface area (Å²) in [5.41, 5.74) is 2.84. The van der Waals surface area contributed by atoms with Crippen LogP contribution in [0.25, 0.3) is 11.1 Å². The van der Waals surface area contributed by atoms with E-state index in [1.165, 1.54) is 11.1 Å². The van der Waals surface area contributed by atoms with Crippen molar-refractivity contribution in [3.05, 3.63) is 84.4 Å². The van der Waals surface area contributed by atoms with Crippen molar-refractivity contribution in [1.29, 1.82) is 5.26 Å². The van der Waals surface area contributed by atoms with Gasteiger partial charge in [-0.15, -0.1) is 0 Å². The number of hydrogen-bond acceptors (Lipinski definition) is 3. The zero-order valence-electron chi connectivity index (χ0n) is 13.8. The molecule has 0 heterocycles. The van der Waals surface area contributed by atoms with Crippen LogP contribution >= 0.6 is 0 Å². The Labute approximate surface area is 148 Å². The predicted molar refractivity (Wildman–Crippen MR) is 97.5 cm³/mol. The molecule has 0 atom stereocenters. The fourth-order valence-electron chi connectivity index (χ4n) is 2.40. The maximum atomic E-state index is 8.83. The normalized spacial score (nSPS) is 10.0. The number of hydrogen-bond donors (Lipinski definition) is 0. The first kappa shape index (κ1) is 16.6. The molecule has 0 unspecified atom stereocenters. The van der Waals surface area contributed by atoms with Crippen LogP contribution in [0.15, 0.2) is 72.8 Å². The van der Waals surface area contributed by atoms with Crippen molar-refractivity contribution in [2.24, 2.45) is 0 Å². The zero-order valence-corrected chi connectivity index (χ0v) is 13.8. The summed E-state index contributed by atoms with van der Waals surface area (Å²) in [6.07, 6.45) is 0.755. The van der Waals surface area contributed by atoms with Crippen LogP contribution < -0.4 is 9.47 Å². The maximum Gasteiger partial charge on any atom is 0.128 e. The van der Waals surface area contributed by atoms with Crippen molar-refractivity contribution in [3.63, 3.8) is 0 Å². The number of benzene rings is 3. The van der Waals surface area contributed by atoms with E-state index in [2.05, 4.69) is 30.3 Å². The van der Waals surface area contributed by atoms with Gasteiger partial charge in [0.2, 0.25) is 0 Å². The molecule has 3 rings (SSSR count). The Balaban J connectivity index is 1.42. The second kappa shape index (κ2) is 8.56. The van der Waals surface area contributed by atoms with Gasteiger partial charge in [-0.3, -0.25) is 0 Å². The minimum Gasteiger partial charge on any atom is -0.493 e. The highest BCUT2D eigenvalue weighted by atomic mass is 16.5. The molecule has 0 saturated carbocycles. The lowest BCUT2D eigenvalue weighted by Gasteiger charge is -2.09. The van der Waals surface area contributed by atoms with Gasteiger partial charge in [-0.1, -0.05) is 48.5 Å². The van der Waals surface area contributed by atoms with Crippen LogP contribution in [-0.2, 0) is 0 Å². The lowest BCUT2D eigenvalue weighted by Crippen LogP contribution is -2.05. The molecule has 123 valence electrons. The van der Waals surface area contributed by atoms with Crippen LogP contribution in [0.4, 0.5) is 0 Å². The molecule has 0 aliphatic carbocycles. The summed E-state index contributed by atoms with van der Waals surface area (Å²) in [5.74, 6) is 1.43. The van der Waals surface area contributed by atoms with E-state index >= 15 is 0 Å². The third kappa shape index (κ3) is 4.86. The van der Waals surface area contributed by atoms with Gasteiger partial charge in [0.05, 0.1) is 24.8 Å².